The molecule has 4 heteroatoms. The van der Waals surface area contributed by atoms with Gasteiger partial charge in [-0.25, -0.2) is 0 Å². The lowest BCUT2D eigenvalue weighted by Crippen LogP contribution is -2.28. The maximum atomic E-state index is 2.51. The number of benzene rings is 20. The first-order chi connectivity index (χ1) is 62.5. The zero-order valence-corrected chi connectivity index (χ0v) is 69.0. The normalized spacial score (nSPS) is 12.9. The third-order valence-electron chi connectivity index (χ3n) is 27.2. The molecule has 126 heavy (non-hydrogen) atoms. The highest BCUT2D eigenvalue weighted by atomic mass is 15.0. The van der Waals surface area contributed by atoms with Crippen LogP contribution in [0, 0.1) is 0 Å². The second-order valence-electron chi connectivity index (χ2n) is 33.7. The van der Waals surface area contributed by atoms with Crippen molar-refractivity contribution in [3.05, 3.63) is 530 Å². The molecular weight excluding hydrogens is 1520 g/mol. The van der Waals surface area contributed by atoms with E-state index in [1.54, 1.807) is 0 Å². The number of fused-ring (bicyclic) bond motifs is 18. The molecule has 0 spiro atoms. The minimum Gasteiger partial charge on any atom is -0.309 e. The second kappa shape index (κ2) is 29.2. The van der Waals surface area contributed by atoms with E-state index < -0.39 is 10.8 Å². The molecule has 0 aliphatic heterocycles. The van der Waals surface area contributed by atoms with Gasteiger partial charge in [-0.2, -0.15) is 0 Å². The summed E-state index contributed by atoms with van der Waals surface area (Å²) < 4.78 is 9.73. The largest absolute Gasteiger partial charge is 0.309 e. The fraction of sp³-hybridized carbons (Fsp3) is 0.0164. The highest BCUT2D eigenvalue weighted by Crippen LogP contribution is 2.59. The Kier molecular flexibility index (Phi) is 16.8. The summed E-state index contributed by atoms with van der Waals surface area (Å²) in [5.41, 5.74) is 38.2. The van der Waals surface area contributed by atoms with E-state index >= 15 is 0 Å². The molecule has 2 aliphatic carbocycles. The Morgan fingerprint density at radius 1 is 0.135 bits per heavy atom. The van der Waals surface area contributed by atoms with E-state index in [1.807, 2.05) is 0 Å². The van der Waals surface area contributed by atoms with Gasteiger partial charge in [-0.3, -0.25) is 0 Å². The van der Waals surface area contributed by atoms with E-state index in [-0.39, 0.29) is 0 Å². The predicted molar refractivity (Wildman–Crippen MR) is 527 cm³/mol. The van der Waals surface area contributed by atoms with E-state index in [4.69, 9.17) is 0 Å². The zero-order chi connectivity index (χ0) is 83.0. The van der Waals surface area contributed by atoms with E-state index in [9.17, 15) is 0 Å². The molecule has 4 nitrogen and oxygen atoms in total. The molecule has 20 aromatic carbocycles. The molecule has 2 aliphatic rings. The molecule has 588 valence electrons. The van der Waals surface area contributed by atoms with Gasteiger partial charge in [0.15, 0.2) is 0 Å². The van der Waals surface area contributed by atoms with Gasteiger partial charge in [0, 0.05) is 65.8 Å². The molecule has 0 bridgehead atoms. The predicted octanol–water partition coefficient (Wildman–Crippen LogP) is 31.2. The van der Waals surface area contributed by atoms with Crippen LogP contribution in [0.15, 0.2) is 485 Å². The smallest absolute Gasteiger partial charge is 0.0713 e. The number of para-hydroxylation sites is 4. The van der Waals surface area contributed by atoms with E-state index in [0.717, 1.165) is 17.1 Å². The summed E-state index contributed by atoms with van der Waals surface area (Å²) in [6.45, 7) is 0. The Morgan fingerprint density at radius 3 is 0.849 bits per heavy atom. The van der Waals surface area contributed by atoms with Gasteiger partial charge in [-0.05, 0) is 239 Å². The molecule has 0 radical (unpaired) electrons. The molecule has 0 amide bonds. The number of rotatable bonds is 12. The molecule has 0 fully saturated rings. The van der Waals surface area contributed by atoms with Gasteiger partial charge in [0.25, 0.3) is 0 Å². The summed E-state index contributed by atoms with van der Waals surface area (Å²) in [6, 6.07) is 179. The number of aromatic nitrogens is 4. The Morgan fingerprint density at radius 2 is 0.405 bits per heavy atom. The third-order valence-corrected chi connectivity index (χ3v) is 27.2. The number of hydrogen-bond donors (Lipinski definition) is 0. The molecule has 0 atom stereocenters. The van der Waals surface area contributed by atoms with Crippen LogP contribution < -0.4 is 0 Å². The number of nitrogens with zero attached hydrogens (tertiary/aromatic N) is 4. The van der Waals surface area contributed by atoms with Crippen molar-refractivity contribution in [2.45, 2.75) is 10.8 Å². The van der Waals surface area contributed by atoms with Crippen LogP contribution in [0.1, 0.15) is 44.5 Å². The monoisotopic (exact) mass is 1600 g/mol. The summed E-state index contributed by atoms with van der Waals surface area (Å²) in [6.07, 6.45) is 0. The van der Waals surface area contributed by atoms with Crippen LogP contribution in [0.3, 0.4) is 0 Å². The van der Waals surface area contributed by atoms with Crippen LogP contribution in [0.4, 0.5) is 0 Å². The Labute approximate surface area is 730 Å². The van der Waals surface area contributed by atoms with E-state index in [0.29, 0.717) is 0 Å². The molecule has 4 heterocycles. The fourth-order valence-corrected chi connectivity index (χ4v) is 21.9. The lowest BCUT2D eigenvalue weighted by Gasteiger charge is -2.34. The van der Waals surface area contributed by atoms with Crippen LogP contribution in [0.2, 0.25) is 0 Å². The fourth-order valence-electron chi connectivity index (χ4n) is 21.9. The zero-order valence-electron chi connectivity index (χ0n) is 69.0. The van der Waals surface area contributed by atoms with Crippen molar-refractivity contribution in [3.63, 3.8) is 0 Å². The Bertz CT molecular complexity index is 8350. The quantitative estimate of drug-likeness (QED) is 0.116. The van der Waals surface area contributed by atoms with Crippen molar-refractivity contribution >= 4 is 87.2 Å². The first-order valence-corrected chi connectivity index (χ1v) is 43.7. The van der Waals surface area contributed by atoms with Gasteiger partial charge in [-0.1, -0.05) is 358 Å². The molecule has 0 saturated heterocycles. The molecule has 0 unspecified atom stereocenters. The van der Waals surface area contributed by atoms with Gasteiger partial charge < -0.3 is 18.3 Å². The highest BCUT2D eigenvalue weighted by Gasteiger charge is 2.48. The summed E-state index contributed by atoms with van der Waals surface area (Å²) in [4.78, 5) is 0. The van der Waals surface area contributed by atoms with Crippen molar-refractivity contribution < 1.29 is 0 Å². The average Bonchev–Trinajstić information content (AvgIpc) is 1.54. The standard InChI is InChI=1S/2C61H40N2/c1-4-18-41(19-5-1)42-20-16-25-47(38-42)63-57-36-34-43(48-29-17-33-59-60(48)51-28-12-15-32-56(51)62(59)46-23-8-3-9-24-46)39-52(57)53-40-45(35-37-58(53)63)61(44-21-6-2-7-22-44)54-30-13-10-26-49(54)50-27-11-14-31-55(50)61;1-4-17-41(18-5-1)42-19-16-24-48(37-42)63-59-35-32-44(43-31-34-58-52(38-43)51-27-12-15-30-57(51)62(58)47-22-8-3-9-23-47)39-53(59)54-40-46(33-36-60(54)63)61(45-20-6-2-7-21-45)55-28-13-10-25-49(55)50-26-11-14-29-56(50)61/h2*1-40H. The van der Waals surface area contributed by atoms with Crippen LogP contribution in [0.25, 0.3) is 177 Å². The summed E-state index contributed by atoms with van der Waals surface area (Å²) in [7, 11) is 0. The van der Waals surface area contributed by atoms with Crippen molar-refractivity contribution in [3.8, 4) is 89.5 Å². The van der Waals surface area contributed by atoms with E-state index in [2.05, 4.69) is 504 Å². The lowest BCUT2D eigenvalue weighted by atomic mass is 9.67. The summed E-state index contributed by atoms with van der Waals surface area (Å²) in [5.74, 6) is 0. The first-order valence-electron chi connectivity index (χ1n) is 43.7. The van der Waals surface area contributed by atoms with Crippen LogP contribution in [-0.2, 0) is 10.8 Å². The molecule has 24 aromatic rings. The maximum Gasteiger partial charge on any atom is 0.0713 e. The van der Waals surface area contributed by atoms with Gasteiger partial charge in [0.2, 0.25) is 0 Å². The van der Waals surface area contributed by atoms with Crippen molar-refractivity contribution in [1.82, 2.24) is 18.3 Å². The van der Waals surface area contributed by atoms with Crippen molar-refractivity contribution in [1.29, 1.82) is 0 Å². The minimum atomic E-state index is -0.507. The summed E-state index contributed by atoms with van der Waals surface area (Å²) >= 11 is 0. The van der Waals surface area contributed by atoms with Crippen molar-refractivity contribution in [2.24, 2.45) is 0 Å². The average molecular weight is 1600 g/mol. The second-order valence-corrected chi connectivity index (χ2v) is 33.7. The maximum absolute atomic E-state index is 2.51. The van der Waals surface area contributed by atoms with Gasteiger partial charge >= 0.3 is 0 Å². The Balaban J connectivity index is 0.000000137. The topological polar surface area (TPSA) is 19.7 Å². The Hall–Kier alpha value is -16.4. The third kappa shape index (κ3) is 11.1. The van der Waals surface area contributed by atoms with Crippen LogP contribution >= 0.6 is 0 Å². The molecule has 4 aromatic heterocycles. The molecule has 0 saturated carbocycles. The highest BCUT2D eigenvalue weighted by molar-refractivity contribution is 6.19. The van der Waals surface area contributed by atoms with Gasteiger partial charge in [0.1, 0.15) is 0 Å². The van der Waals surface area contributed by atoms with E-state index in [1.165, 1.54) is 204 Å². The summed E-state index contributed by atoms with van der Waals surface area (Å²) in [5, 5.41) is 9.92. The lowest BCUT2D eigenvalue weighted by molar-refractivity contribution is 0.770. The minimum absolute atomic E-state index is 0.500. The SMILES string of the molecule is c1ccc(-c2cccc(-n3c4ccc(-c5ccc6c(c5)c5ccccc5n6-c5ccccc5)cc4c4cc(C5(c6ccccc6)c6ccccc6-c6ccccc65)ccc43)c2)cc1.c1ccc(-c2cccc(-n3c4ccc(-c5cccc6c5c5ccccc5n6-c5ccccc5)cc4c4cc(C5(c6ccccc6)c6ccccc6-c6ccccc65)ccc43)c2)cc1. The molecular formula is C122H80N4. The first kappa shape index (κ1) is 72.4. The molecule has 0 N–H and O–H groups in total. The number of hydrogen-bond acceptors (Lipinski definition) is 0. The van der Waals surface area contributed by atoms with Crippen molar-refractivity contribution in [2.75, 3.05) is 0 Å². The van der Waals surface area contributed by atoms with Gasteiger partial charge in [0.05, 0.1) is 55.0 Å². The van der Waals surface area contributed by atoms with Crippen LogP contribution in [0.5, 0.6) is 0 Å². The molecule has 26 rings (SSSR count). The van der Waals surface area contributed by atoms with Crippen LogP contribution in [-0.4, -0.2) is 18.3 Å². The van der Waals surface area contributed by atoms with Gasteiger partial charge in [-0.15, -0.1) is 0 Å².